The minimum atomic E-state index is -0.450. The van der Waals surface area contributed by atoms with Crippen LogP contribution in [0.15, 0.2) is 48.5 Å². The summed E-state index contributed by atoms with van der Waals surface area (Å²) in [4.78, 5) is 37.8. The van der Waals surface area contributed by atoms with Gasteiger partial charge in [-0.3, -0.25) is 19.7 Å². The van der Waals surface area contributed by atoms with Crippen LogP contribution in [0, 0.1) is 10.1 Å². The largest absolute Gasteiger partial charge is 0.484 e. The summed E-state index contributed by atoms with van der Waals surface area (Å²) in [6.07, 6.45) is 2.90. The van der Waals surface area contributed by atoms with Gasteiger partial charge in [0.25, 0.3) is 11.6 Å². The summed E-state index contributed by atoms with van der Waals surface area (Å²) in [6.45, 7) is -0.0814. The number of rotatable bonds is 8. The summed E-state index contributed by atoms with van der Waals surface area (Å²) in [5.41, 5.74) is 1.45. The van der Waals surface area contributed by atoms with E-state index in [1.165, 1.54) is 23.1 Å². The number of nitro groups is 1. The Morgan fingerprint density at radius 1 is 1.07 bits per heavy atom. The highest BCUT2D eigenvalue weighted by Crippen LogP contribution is 2.28. The van der Waals surface area contributed by atoms with Gasteiger partial charge in [0.2, 0.25) is 0 Å². The third kappa shape index (κ3) is 5.90. The van der Waals surface area contributed by atoms with Gasteiger partial charge < -0.3 is 14.5 Å². The Labute approximate surface area is 169 Å². The molecule has 0 unspecified atom stereocenters. The standard InChI is InChI=1S/C21H23N3O5/c1-22(2)18-11-5-15(13-19(18)24(27)28)6-12-20(25)16-7-9-17(10-8-16)29-14-21(26)23(3)4/h5-13H,14H2,1-4H3/b12-6+. The lowest BCUT2D eigenvalue weighted by Crippen LogP contribution is -2.27. The highest BCUT2D eigenvalue weighted by atomic mass is 16.6. The van der Waals surface area contributed by atoms with Crippen molar-refractivity contribution in [2.45, 2.75) is 0 Å². The van der Waals surface area contributed by atoms with Crippen LogP contribution in [0.3, 0.4) is 0 Å². The van der Waals surface area contributed by atoms with Crippen molar-refractivity contribution in [1.82, 2.24) is 4.90 Å². The van der Waals surface area contributed by atoms with Gasteiger partial charge in [0.05, 0.1) is 4.92 Å². The number of nitrogens with zero attached hydrogens (tertiary/aromatic N) is 3. The molecule has 2 aromatic rings. The number of ether oxygens (including phenoxy) is 1. The second-order valence-corrected chi connectivity index (χ2v) is 6.70. The van der Waals surface area contributed by atoms with Crippen molar-refractivity contribution in [3.63, 3.8) is 0 Å². The fourth-order valence-corrected chi connectivity index (χ4v) is 2.43. The van der Waals surface area contributed by atoms with Gasteiger partial charge in [-0.2, -0.15) is 0 Å². The normalized spacial score (nSPS) is 10.6. The lowest BCUT2D eigenvalue weighted by molar-refractivity contribution is -0.384. The number of likely N-dealkylation sites (N-methyl/N-ethyl adjacent to an activating group) is 1. The summed E-state index contributed by atoms with van der Waals surface area (Å²) in [5.74, 6) is 0.0679. The number of anilines is 1. The smallest absolute Gasteiger partial charge is 0.293 e. The molecule has 8 nitrogen and oxygen atoms in total. The van der Waals surface area contributed by atoms with E-state index >= 15 is 0 Å². The monoisotopic (exact) mass is 397 g/mol. The Morgan fingerprint density at radius 2 is 1.72 bits per heavy atom. The van der Waals surface area contributed by atoms with Crippen LogP contribution in [0.5, 0.6) is 5.75 Å². The summed E-state index contributed by atoms with van der Waals surface area (Å²) in [5, 5.41) is 11.3. The number of hydrogen-bond donors (Lipinski definition) is 0. The molecule has 0 aliphatic rings. The molecule has 0 fully saturated rings. The second-order valence-electron chi connectivity index (χ2n) is 6.70. The van der Waals surface area contributed by atoms with Gasteiger partial charge in [-0.1, -0.05) is 12.1 Å². The third-order valence-electron chi connectivity index (χ3n) is 4.11. The molecule has 0 N–H and O–H groups in total. The molecule has 0 saturated carbocycles. The number of amides is 1. The van der Waals surface area contributed by atoms with Crippen LogP contribution >= 0.6 is 0 Å². The Bertz CT molecular complexity index is 934. The van der Waals surface area contributed by atoms with Gasteiger partial charge in [-0.25, -0.2) is 0 Å². The Balaban J connectivity index is 2.08. The zero-order valence-corrected chi connectivity index (χ0v) is 16.8. The molecule has 0 atom stereocenters. The van der Waals surface area contributed by atoms with Crippen LogP contribution in [0.25, 0.3) is 6.08 Å². The molecule has 0 radical (unpaired) electrons. The first kappa shape index (κ1) is 21.6. The molecule has 0 heterocycles. The predicted octanol–water partition coefficient (Wildman–Crippen LogP) is 3.02. The first-order valence-electron chi connectivity index (χ1n) is 8.80. The van der Waals surface area contributed by atoms with Gasteiger partial charge in [-0.05, 0) is 42.0 Å². The van der Waals surface area contributed by atoms with E-state index in [2.05, 4.69) is 0 Å². The van der Waals surface area contributed by atoms with E-state index in [1.807, 2.05) is 0 Å². The zero-order chi connectivity index (χ0) is 21.6. The molecule has 0 spiro atoms. The first-order valence-corrected chi connectivity index (χ1v) is 8.80. The van der Waals surface area contributed by atoms with E-state index in [0.29, 0.717) is 22.6 Å². The second kappa shape index (κ2) is 9.50. The van der Waals surface area contributed by atoms with Crippen LogP contribution in [0.1, 0.15) is 15.9 Å². The minimum Gasteiger partial charge on any atom is -0.484 e. The average Bonchev–Trinajstić information content (AvgIpc) is 2.70. The van der Waals surface area contributed by atoms with E-state index in [1.54, 1.807) is 69.5 Å². The van der Waals surface area contributed by atoms with E-state index in [-0.39, 0.29) is 24.0 Å². The summed E-state index contributed by atoms with van der Waals surface area (Å²) < 4.78 is 5.37. The van der Waals surface area contributed by atoms with Crippen LogP contribution < -0.4 is 9.64 Å². The predicted molar refractivity (Wildman–Crippen MR) is 111 cm³/mol. The molecule has 1 amide bonds. The van der Waals surface area contributed by atoms with Crippen LogP contribution in [0.2, 0.25) is 0 Å². The van der Waals surface area contributed by atoms with E-state index in [9.17, 15) is 19.7 Å². The van der Waals surface area contributed by atoms with Crippen LogP contribution in [-0.4, -0.2) is 56.3 Å². The number of hydrogen-bond acceptors (Lipinski definition) is 6. The van der Waals surface area contributed by atoms with Gasteiger partial charge >= 0.3 is 0 Å². The average molecular weight is 397 g/mol. The van der Waals surface area contributed by atoms with Crippen molar-refractivity contribution in [3.05, 3.63) is 69.8 Å². The van der Waals surface area contributed by atoms with Gasteiger partial charge in [0.1, 0.15) is 11.4 Å². The number of ketones is 1. The summed E-state index contributed by atoms with van der Waals surface area (Å²) in [7, 11) is 6.74. The molecule has 0 aliphatic heterocycles. The molecule has 29 heavy (non-hydrogen) atoms. The molecular weight excluding hydrogens is 374 g/mol. The van der Waals surface area contributed by atoms with Crippen molar-refractivity contribution in [2.24, 2.45) is 0 Å². The van der Waals surface area contributed by atoms with Crippen molar-refractivity contribution < 1.29 is 19.2 Å². The van der Waals surface area contributed by atoms with Crippen LogP contribution in [0.4, 0.5) is 11.4 Å². The maximum absolute atomic E-state index is 12.3. The highest BCUT2D eigenvalue weighted by molar-refractivity contribution is 6.06. The number of carbonyl (C=O) groups is 2. The Kier molecular flexibility index (Phi) is 7.08. The molecule has 0 aliphatic carbocycles. The van der Waals surface area contributed by atoms with E-state index in [4.69, 9.17) is 4.74 Å². The van der Waals surface area contributed by atoms with Crippen molar-refractivity contribution in [3.8, 4) is 5.75 Å². The lowest BCUT2D eigenvalue weighted by Gasteiger charge is -2.12. The molecule has 2 rings (SSSR count). The SMILES string of the molecule is CN(C)C(=O)COc1ccc(C(=O)/C=C/c2ccc(N(C)C)c([N+](=O)[O-])c2)cc1. The maximum atomic E-state index is 12.3. The van der Waals surface area contributed by atoms with Gasteiger partial charge in [0, 0.05) is 39.8 Å². The number of benzene rings is 2. The summed E-state index contributed by atoms with van der Waals surface area (Å²) in [6, 6.07) is 11.2. The number of allylic oxidation sites excluding steroid dienone is 1. The molecule has 8 heteroatoms. The first-order chi connectivity index (χ1) is 13.7. The van der Waals surface area contributed by atoms with Crippen molar-refractivity contribution in [2.75, 3.05) is 39.7 Å². The Morgan fingerprint density at radius 3 is 2.28 bits per heavy atom. The molecule has 0 bridgehead atoms. The lowest BCUT2D eigenvalue weighted by atomic mass is 10.1. The fourth-order valence-electron chi connectivity index (χ4n) is 2.43. The summed E-state index contributed by atoms with van der Waals surface area (Å²) >= 11 is 0. The highest BCUT2D eigenvalue weighted by Gasteiger charge is 2.15. The minimum absolute atomic E-state index is 0.0293. The molecule has 152 valence electrons. The topological polar surface area (TPSA) is 93.0 Å². The number of carbonyl (C=O) groups excluding carboxylic acids is 2. The fraction of sp³-hybridized carbons (Fsp3) is 0.238. The quantitative estimate of drug-likeness (QED) is 0.294. The van der Waals surface area contributed by atoms with E-state index in [0.717, 1.165) is 0 Å². The molecule has 2 aromatic carbocycles. The maximum Gasteiger partial charge on any atom is 0.293 e. The molecule has 0 aromatic heterocycles. The zero-order valence-electron chi connectivity index (χ0n) is 16.8. The van der Waals surface area contributed by atoms with Crippen molar-refractivity contribution >= 4 is 29.1 Å². The van der Waals surface area contributed by atoms with Crippen LogP contribution in [-0.2, 0) is 4.79 Å². The molecular formula is C21H23N3O5. The van der Waals surface area contributed by atoms with Crippen molar-refractivity contribution in [1.29, 1.82) is 0 Å². The molecule has 0 saturated heterocycles. The van der Waals surface area contributed by atoms with Gasteiger partial charge in [-0.15, -0.1) is 0 Å². The van der Waals surface area contributed by atoms with Gasteiger partial charge in [0.15, 0.2) is 12.4 Å². The number of nitro benzene ring substituents is 1. The van der Waals surface area contributed by atoms with E-state index < -0.39 is 4.92 Å². The third-order valence-corrected chi connectivity index (χ3v) is 4.11. The Hall–Kier alpha value is -3.68.